The highest BCUT2D eigenvalue weighted by Gasteiger charge is 2.20. The molecule has 0 bridgehead atoms. The van der Waals surface area contributed by atoms with E-state index in [1.165, 1.54) is 0 Å². The number of rotatable bonds is 9. The minimum Gasteiger partial charge on any atom is -0.493 e. The van der Waals surface area contributed by atoms with Gasteiger partial charge < -0.3 is 19.9 Å². The lowest BCUT2D eigenvalue weighted by atomic mass is 10.2. The summed E-state index contributed by atoms with van der Waals surface area (Å²) in [6.07, 6.45) is 0.511. The van der Waals surface area contributed by atoms with Gasteiger partial charge >= 0.3 is 5.97 Å². The van der Waals surface area contributed by atoms with Crippen LogP contribution < -0.4 is 10.1 Å². The quantitative estimate of drug-likeness (QED) is 0.681. The highest BCUT2D eigenvalue weighted by atomic mass is 16.5. The molecule has 0 saturated heterocycles. The Morgan fingerprint density at radius 2 is 2.05 bits per heavy atom. The first-order chi connectivity index (χ1) is 10.1. The van der Waals surface area contributed by atoms with Crippen molar-refractivity contribution >= 4 is 5.97 Å². The Hall–Kier alpha value is -1.59. The van der Waals surface area contributed by atoms with Crippen LogP contribution in [0.1, 0.15) is 32.8 Å². The lowest BCUT2D eigenvalue weighted by Gasteiger charge is -2.20. The molecule has 1 aromatic carbocycles. The molecule has 0 aliphatic heterocycles. The highest BCUT2D eigenvalue weighted by Crippen LogP contribution is 2.18. The molecule has 5 nitrogen and oxygen atoms in total. The molecule has 0 amide bonds. The average Bonchev–Trinajstić information content (AvgIpc) is 2.46. The van der Waals surface area contributed by atoms with Crippen LogP contribution in [0.15, 0.2) is 24.3 Å². The molecule has 1 aromatic rings. The van der Waals surface area contributed by atoms with Crippen LogP contribution in [0.4, 0.5) is 0 Å². The first kappa shape index (κ1) is 17.5. The predicted octanol–water partition coefficient (Wildman–Crippen LogP) is 1.88. The van der Waals surface area contributed by atoms with E-state index in [0.29, 0.717) is 25.4 Å². The second-order valence-electron chi connectivity index (χ2n) is 5.03. The summed E-state index contributed by atoms with van der Waals surface area (Å²) < 4.78 is 10.7. The standard InChI is InChI=1S/C16H25NO4/c1-4-20-16(19)14(17-12(2)3)9-10-21-15-8-6-5-7-13(15)11-18/h5-8,12,14,17-18H,4,9-11H2,1-3H3. The number of nitrogens with one attached hydrogen (secondary N) is 1. The summed E-state index contributed by atoms with van der Waals surface area (Å²) in [5, 5.41) is 12.4. The molecule has 118 valence electrons. The molecule has 0 saturated carbocycles. The van der Waals surface area contributed by atoms with E-state index in [1.54, 1.807) is 13.0 Å². The summed E-state index contributed by atoms with van der Waals surface area (Å²) in [5.41, 5.74) is 0.738. The van der Waals surface area contributed by atoms with Gasteiger partial charge in [0.05, 0.1) is 19.8 Å². The van der Waals surface area contributed by atoms with Gasteiger partial charge in [-0.3, -0.25) is 4.79 Å². The minimum absolute atomic E-state index is 0.0677. The van der Waals surface area contributed by atoms with Gasteiger partial charge in [-0.25, -0.2) is 0 Å². The number of esters is 1. The normalized spacial score (nSPS) is 12.2. The van der Waals surface area contributed by atoms with Crippen molar-refractivity contribution in [2.75, 3.05) is 13.2 Å². The van der Waals surface area contributed by atoms with E-state index in [1.807, 2.05) is 32.0 Å². The van der Waals surface area contributed by atoms with Gasteiger partial charge in [0.1, 0.15) is 11.8 Å². The SMILES string of the molecule is CCOC(=O)C(CCOc1ccccc1CO)NC(C)C. The van der Waals surface area contributed by atoms with Crippen molar-refractivity contribution in [2.24, 2.45) is 0 Å². The van der Waals surface area contributed by atoms with Crippen molar-refractivity contribution < 1.29 is 19.4 Å². The third-order valence-corrected chi connectivity index (χ3v) is 2.91. The number of carbonyl (C=O) groups is 1. The van der Waals surface area contributed by atoms with Crippen LogP contribution in [0.2, 0.25) is 0 Å². The topological polar surface area (TPSA) is 67.8 Å². The number of aliphatic hydroxyl groups is 1. The van der Waals surface area contributed by atoms with Gasteiger partial charge in [-0.05, 0) is 13.0 Å². The molecule has 0 aliphatic carbocycles. The molecule has 0 heterocycles. The van der Waals surface area contributed by atoms with E-state index in [0.717, 1.165) is 5.56 Å². The van der Waals surface area contributed by atoms with Crippen LogP contribution in [0.3, 0.4) is 0 Å². The summed E-state index contributed by atoms with van der Waals surface area (Å²) in [6.45, 7) is 6.42. The number of hydrogen-bond acceptors (Lipinski definition) is 5. The first-order valence-electron chi connectivity index (χ1n) is 7.32. The van der Waals surface area contributed by atoms with Gasteiger partial charge in [0.15, 0.2) is 0 Å². The largest absolute Gasteiger partial charge is 0.493 e. The molecule has 0 aromatic heterocycles. The fraction of sp³-hybridized carbons (Fsp3) is 0.562. The predicted molar refractivity (Wildman–Crippen MR) is 81.2 cm³/mol. The summed E-state index contributed by atoms with van der Waals surface area (Å²) in [6, 6.07) is 7.12. The van der Waals surface area contributed by atoms with Gasteiger partial charge in [-0.1, -0.05) is 32.0 Å². The van der Waals surface area contributed by atoms with E-state index in [2.05, 4.69) is 5.32 Å². The van der Waals surface area contributed by atoms with E-state index in [4.69, 9.17) is 9.47 Å². The molecule has 1 unspecified atom stereocenters. The minimum atomic E-state index is -0.383. The Morgan fingerprint density at radius 1 is 1.33 bits per heavy atom. The molecule has 1 atom stereocenters. The van der Waals surface area contributed by atoms with Crippen molar-refractivity contribution in [3.05, 3.63) is 29.8 Å². The third-order valence-electron chi connectivity index (χ3n) is 2.91. The number of benzene rings is 1. The molecule has 0 aliphatic rings. The monoisotopic (exact) mass is 295 g/mol. The van der Waals surface area contributed by atoms with Crippen molar-refractivity contribution in [3.63, 3.8) is 0 Å². The van der Waals surface area contributed by atoms with Crippen LogP contribution in [0.25, 0.3) is 0 Å². The Bertz CT molecular complexity index is 434. The Kier molecular flexibility index (Phi) is 7.79. The van der Waals surface area contributed by atoms with Crippen molar-refractivity contribution in [2.45, 2.75) is 45.9 Å². The fourth-order valence-corrected chi connectivity index (χ4v) is 1.98. The number of hydrogen-bond donors (Lipinski definition) is 2. The summed E-state index contributed by atoms with van der Waals surface area (Å²) >= 11 is 0. The zero-order valence-electron chi connectivity index (χ0n) is 13.0. The van der Waals surface area contributed by atoms with Gasteiger partial charge in [-0.2, -0.15) is 0 Å². The van der Waals surface area contributed by atoms with Crippen molar-refractivity contribution in [1.82, 2.24) is 5.32 Å². The Morgan fingerprint density at radius 3 is 2.67 bits per heavy atom. The van der Waals surface area contributed by atoms with Crippen LogP contribution in [0.5, 0.6) is 5.75 Å². The van der Waals surface area contributed by atoms with Crippen LogP contribution in [0, 0.1) is 0 Å². The maximum atomic E-state index is 11.9. The second kappa shape index (κ2) is 9.37. The highest BCUT2D eigenvalue weighted by molar-refractivity contribution is 5.75. The molecule has 0 radical (unpaired) electrons. The Balaban J connectivity index is 2.54. The Labute approximate surface area is 126 Å². The lowest BCUT2D eigenvalue weighted by molar-refractivity contribution is -0.146. The molecule has 5 heteroatoms. The fourth-order valence-electron chi connectivity index (χ4n) is 1.98. The number of ether oxygens (including phenoxy) is 2. The molecule has 0 spiro atoms. The summed E-state index contributed by atoms with van der Waals surface area (Å²) in [4.78, 5) is 11.9. The van der Waals surface area contributed by atoms with Crippen LogP contribution >= 0.6 is 0 Å². The molecule has 1 rings (SSSR count). The summed E-state index contributed by atoms with van der Waals surface area (Å²) in [7, 11) is 0. The number of aliphatic hydroxyl groups excluding tert-OH is 1. The van der Waals surface area contributed by atoms with E-state index in [-0.39, 0.29) is 24.7 Å². The second-order valence-corrected chi connectivity index (χ2v) is 5.03. The van der Waals surface area contributed by atoms with Gasteiger partial charge in [0.2, 0.25) is 0 Å². The number of carbonyl (C=O) groups excluding carboxylic acids is 1. The van der Waals surface area contributed by atoms with E-state index in [9.17, 15) is 9.90 Å². The molecule has 0 fully saturated rings. The van der Waals surface area contributed by atoms with E-state index >= 15 is 0 Å². The van der Waals surface area contributed by atoms with E-state index < -0.39 is 0 Å². The number of para-hydroxylation sites is 1. The molecule has 21 heavy (non-hydrogen) atoms. The zero-order valence-corrected chi connectivity index (χ0v) is 13.0. The maximum Gasteiger partial charge on any atom is 0.323 e. The first-order valence-corrected chi connectivity index (χ1v) is 7.32. The van der Waals surface area contributed by atoms with Crippen molar-refractivity contribution in [3.8, 4) is 5.75 Å². The third kappa shape index (κ3) is 6.14. The van der Waals surface area contributed by atoms with Crippen LogP contribution in [-0.4, -0.2) is 36.4 Å². The lowest BCUT2D eigenvalue weighted by Crippen LogP contribution is -2.42. The molecular formula is C16H25NO4. The average molecular weight is 295 g/mol. The van der Waals surface area contributed by atoms with Gasteiger partial charge in [-0.15, -0.1) is 0 Å². The zero-order chi connectivity index (χ0) is 15.7. The molecule has 2 N–H and O–H groups in total. The van der Waals surface area contributed by atoms with Gasteiger partial charge in [0, 0.05) is 18.0 Å². The molecular weight excluding hydrogens is 270 g/mol. The van der Waals surface area contributed by atoms with Crippen molar-refractivity contribution in [1.29, 1.82) is 0 Å². The van der Waals surface area contributed by atoms with Gasteiger partial charge in [0.25, 0.3) is 0 Å². The van der Waals surface area contributed by atoms with Crippen LogP contribution in [-0.2, 0) is 16.1 Å². The summed E-state index contributed by atoms with van der Waals surface area (Å²) in [5.74, 6) is 0.386. The maximum absolute atomic E-state index is 11.9. The smallest absolute Gasteiger partial charge is 0.323 e.